The third-order valence-electron chi connectivity index (χ3n) is 3.61. The Morgan fingerprint density at radius 3 is 2.95 bits per heavy atom. The molecule has 0 aromatic carbocycles. The third-order valence-corrected chi connectivity index (χ3v) is 3.61. The Bertz CT molecular complexity index is 531. The molecule has 2 heterocycles. The van der Waals surface area contributed by atoms with Gasteiger partial charge in [0.25, 0.3) is 5.91 Å². The molecule has 0 radical (unpaired) electrons. The van der Waals surface area contributed by atoms with Gasteiger partial charge in [0.15, 0.2) is 0 Å². The van der Waals surface area contributed by atoms with Crippen LogP contribution in [0.5, 0.6) is 5.75 Å². The van der Waals surface area contributed by atoms with Crippen LogP contribution in [0.25, 0.3) is 0 Å². The van der Waals surface area contributed by atoms with Crippen LogP contribution < -0.4 is 10.1 Å². The smallest absolute Gasteiger partial charge is 0.270 e. The van der Waals surface area contributed by atoms with Gasteiger partial charge in [0.05, 0.1) is 7.11 Å². The lowest BCUT2D eigenvalue weighted by Crippen LogP contribution is -2.34. The highest BCUT2D eigenvalue weighted by Gasteiger charge is 2.31. The highest BCUT2D eigenvalue weighted by atomic mass is 16.5. The molecule has 21 heavy (non-hydrogen) atoms. The number of carbonyl (C=O) groups is 2. The van der Waals surface area contributed by atoms with Gasteiger partial charge in [0.1, 0.15) is 11.4 Å². The Kier molecular flexibility index (Phi) is 4.77. The molecule has 1 aromatic rings. The zero-order valence-electron chi connectivity index (χ0n) is 12.6. The highest BCUT2D eigenvalue weighted by molar-refractivity contribution is 5.92. The second-order valence-electron chi connectivity index (χ2n) is 5.50. The molecule has 1 atom stereocenters. The molecule has 1 N–H and O–H groups in total. The maximum atomic E-state index is 12.0. The average Bonchev–Trinajstić information content (AvgIpc) is 2.86. The summed E-state index contributed by atoms with van der Waals surface area (Å²) < 4.78 is 5.07. The molecule has 1 aliphatic heterocycles. The summed E-state index contributed by atoms with van der Waals surface area (Å²) >= 11 is 0. The number of ether oxygens (including phenoxy) is 1. The van der Waals surface area contributed by atoms with Crippen molar-refractivity contribution in [2.24, 2.45) is 5.92 Å². The molecular formula is C15H21N3O3. The van der Waals surface area contributed by atoms with Crippen LogP contribution >= 0.6 is 0 Å². The van der Waals surface area contributed by atoms with Crippen molar-refractivity contribution in [2.45, 2.75) is 26.3 Å². The van der Waals surface area contributed by atoms with E-state index >= 15 is 0 Å². The van der Waals surface area contributed by atoms with E-state index in [9.17, 15) is 9.59 Å². The first-order valence-corrected chi connectivity index (χ1v) is 7.09. The number of hydrogen-bond acceptors (Lipinski definition) is 4. The van der Waals surface area contributed by atoms with Crippen LogP contribution in [0.1, 0.15) is 30.8 Å². The van der Waals surface area contributed by atoms with E-state index in [2.05, 4.69) is 10.3 Å². The van der Waals surface area contributed by atoms with Gasteiger partial charge >= 0.3 is 0 Å². The minimum absolute atomic E-state index is 0.156. The van der Waals surface area contributed by atoms with Crippen LogP contribution in [0.4, 0.5) is 0 Å². The number of hydrogen-bond donors (Lipinski definition) is 1. The first kappa shape index (κ1) is 15.3. The summed E-state index contributed by atoms with van der Waals surface area (Å²) in [7, 11) is 1.54. The number of rotatable bonds is 5. The van der Waals surface area contributed by atoms with Crippen LogP contribution in [-0.4, -0.2) is 47.9 Å². The first-order chi connectivity index (χ1) is 10.0. The highest BCUT2D eigenvalue weighted by Crippen LogP contribution is 2.19. The molecule has 1 fully saturated rings. The Morgan fingerprint density at radius 1 is 1.57 bits per heavy atom. The largest absolute Gasteiger partial charge is 0.497 e. The van der Waals surface area contributed by atoms with Gasteiger partial charge in [-0.05, 0) is 19.9 Å². The topological polar surface area (TPSA) is 71.5 Å². The molecule has 6 heteroatoms. The monoisotopic (exact) mass is 291 g/mol. The normalized spacial score (nSPS) is 18.2. The minimum Gasteiger partial charge on any atom is -0.497 e. The van der Waals surface area contributed by atoms with E-state index in [1.165, 1.54) is 6.20 Å². The predicted octanol–water partition coefficient (Wildman–Crippen LogP) is 1.08. The van der Waals surface area contributed by atoms with E-state index in [0.29, 0.717) is 31.0 Å². The van der Waals surface area contributed by atoms with E-state index in [1.54, 1.807) is 19.2 Å². The standard InChI is InChI=1S/C15H21N3O3/c1-10(2)18-9-11(6-14(18)19)8-17-15(20)13-7-12(21-3)4-5-16-13/h4-5,7,10-11H,6,8-9H2,1-3H3,(H,17,20)/t11-/m1/s1. The number of pyridine rings is 1. The molecule has 0 aliphatic carbocycles. The average molecular weight is 291 g/mol. The van der Waals surface area contributed by atoms with E-state index in [0.717, 1.165) is 0 Å². The van der Waals surface area contributed by atoms with E-state index in [1.807, 2.05) is 18.7 Å². The lowest BCUT2D eigenvalue weighted by molar-refractivity contribution is -0.129. The quantitative estimate of drug-likeness (QED) is 0.881. The van der Waals surface area contributed by atoms with Crippen LogP contribution in [0.15, 0.2) is 18.3 Å². The number of methoxy groups -OCH3 is 1. The van der Waals surface area contributed by atoms with Gasteiger partial charge in [-0.2, -0.15) is 0 Å². The van der Waals surface area contributed by atoms with Crippen LogP contribution in [0.2, 0.25) is 0 Å². The maximum absolute atomic E-state index is 12.0. The van der Waals surface area contributed by atoms with Crippen molar-refractivity contribution in [1.82, 2.24) is 15.2 Å². The summed E-state index contributed by atoms with van der Waals surface area (Å²) in [6, 6.07) is 3.49. The Labute approximate surface area is 124 Å². The van der Waals surface area contributed by atoms with E-state index in [-0.39, 0.29) is 23.8 Å². The molecule has 114 valence electrons. The summed E-state index contributed by atoms with van der Waals surface area (Å²) in [6.07, 6.45) is 2.03. The molecule has 0 unspecified atom stereocenters. The van der Waals surface area contributed by atoms with Gasteiger partial charge in [-0.1, -0.05) is 0 Å². The van der Waals surface area contributed by atoms with E-state index in [4.69, 9.17) is 4.74 Å². The number of likely N-dealkylation sites (tertiary alicyclic amines) is 1. The van der Waals surface area contributed by atoms with Gasteiger partial charge in [-0.15, -0.1) is 0 Å². The summed E-state index contributed by atoms with van der Waals surface area (Å²) in [4.78, 5) is 29.7. The molecule has 0 spiro atoms. The Balaban J connectivity index is 1.88. The van der Waals surface area contributed by atoms with E-state index < -0.39 is 0 Å². The lowest BCUT2D eigenvalue weighted by atomic mass is 10.1. The van der Waals surface area contributed by atoms with Crippen LogP contribution in [0, 0.1) is 5.92 Å². The molecule has 0 saturated carbocycles. The third kappa shape index (κ3) is 3.71. The van der Waals surface area contributed by atoms with Crippen LogP contribution in [-0.2, 0) is 4.79 Å². The zero-order valence-corrected chi connectivity index (χ0v) is 12.6. The van der Waals surface area contributed by atoms with Gasteiger partial charge < -0.3 is 15.0 Å². The zero-order chi connectivity index (χ0) is 15.4. The number of aromatic nitrogens is 1. The maximum Gasteiger partial charge on any atom is 0.270 e. The molecule has 1 saturated heterocycles. The second-order valence-corrected chi connectivity index (χ2v) is 5.50. The predicted molar refractivity (Wildman–Crippen MR) is 78.1 cm³/mol. The van der Waals surface area contributed by atoms with Crippen LogP contribution in [0.3, 0.4) is 0 Å². The van der Waals surface area contributed by atoms with Crippen molar-refractivity contribution < 1.29 is 14.3 Å². The second kappa shape index (κ2) is 6.56. The number of carbonyl (C=O) groups excluding carboxylic acids is 2. The van der Waals surface area contributed by atoms with Crippen molar-refractivity contribution >= 4 is 11.8 Å². The van der Waals surface area contributed by atoms with Gasteiger partial charge in [-0.25, -0.2) is 0 Å². The SMILES string of the molecule is COc1ccnc(C(=O)NC[C@H]2CC(=O)N(C(C)C)C2)c1. The number of nitrogens with zero attached hydrogens (tertiary/aromatic N) is 2. The molecule has 2 rings (SSSR count). The number of amides is 2. The summed E-state index contributed by atoms with van der Waals surface area (Å²) in [5, 5.41) is 2.84. The molecule has 0 bridgehead atoms. The molecule has 6 nitrogen and oxygen atoms in total. The Hall–Kier alpha value is -2.11. The first-order valence-electron chi connectivity index (χ1n) is 7.09. The fourth-order valence-corrected chi connectivity index (χ4v) is 2.43. The van der Waals surface area contributed by atoms with Gasteiger partial charge in [-0.3, -0.25) is 14.6 Å². The molecule has 1 aromatic heterocycles. The van der Waals surface area contributed by atoms with Gasteiger partial charge in [0.2, 0.25) is 5.91 Å². The number of nitrogens with one attached hydrogen (secondary N) is 1. The Morgan fingerprint density at radius 2 is 2.33 bits per heavy atom. The molecular weight excluding hydrogens is 270 g/mol. The van der Waals surface area contributed by atoms with Gasteiger partial charge in [0, 0.05) is 43.7 Å². The van der Waals surface area contributed by atoms with Crippen molar-refractivity contribution in [3.63, 3.8) is 0 Å². The minimum atomic E-state index is -0.246. The fraction of sp³-hybridized carbons (Fsp3) is 0.533. The molecule has 2 amide bonds. The summed E-state index contributed by atoms with van der Waals surface area (Å²) in [6.45, 7) is 5.17. The lowest BCUT2D eigenvalue weighted by Gasteiger charge is -2.21. The van der Waals surface area contributed by atoms with Crippen molar-refractivity contribution in [3.8, 4) is 5.75 Å². The fourth-order valence-electron chi connectivity index (χ4n) is 2.43. The summed E-state index contributed by atoms with van der Waals surface area (Å²) in [5.74, 6) is 0.666. The molecule has 1 aliphatic rings. The summed E-state index contributed by atoms with van der Waals surface area (Å²) in [5.41, 5.74) is 0.319. The van der Waals surface area contributed by atoms with Crippen molar-refractivity contribution in [1.29, 1.82) is 0 Å². The van der Waals surface area contributed by atoms with Crippen molar-refractivity contribution in [2.75, 3.05) is 20.2 Å². The van der Waals surface area contributed by atoms with Crippen molar-refractivity contribution in [3.05, 3.63) is 24.0 Å².